The topological polar surface area (TPSA) is 15.3 Å². The second-order valence-electron chi connectivity index (χ2n) is 6.60. The molecular formula is C16H34N2S. The van der Waals surface area contributed by atoms with E-state index in [0.29, 0.717) is 17.5 Å². The van der Waals surface area contributed by atoms with Crippen LogP contribution in [0.2, 0.25) is 0 Å². The molecule has 0 aromatic carbocycles. The highest BCUT2D eigenvalue weighted by molar-refractivity contribution is 7.99. The molecule has 2 atom stereocenters. The molecule has 1 N–H and O–H groups in total. The van der Waals surface area contributed by atoms with Crippen LogP contribution in [0.3, 0.4) is 0 Å². The maximum absolute atomic E-state index is 3.88. The van der Waals surface area contributed by atoms with Crippen molar-refractivity contribution in [1.29, 1.82) is 0 Å². The van der Waals surface area contributed by atoms with Gasteiger partial charge in [-0.25, -0.2) is 0 Å². The molecule has 0 bridgehead atoms. The summed E-state index contributed by atoms with van der Waals surface area (Å²) in [6.07, 6.45) is 3.96. The van der Waals surface area contributed by atoms with Gasteiger partial charge in [-0.2, -0.15) is 11.8 Å². The van der Waals surface area contributed by atoms with Crippen molar-refractivity contribution in [3.05, 3.63) is 0 Å². The normalized spacial score (nSPS) is 24.6. The van der Waals surface area contributed by atoms with Crippen molar-refractivity contribution in [1.82, 2.24) is 10.2 Å². The summed E-state index contributed by atoms with van der Waals surface area (Å²) in [6, 6.07) is 1.34. The Morgan fingerprint density at radius 2 is 2.00 bits per heavy atom. The lowest BCUT2D eigenvalue weighted by Crippen LogP contribution is -2.49. The van der Waals surface area contributed by atoms with E-state index in [4.69, 9.17) is 0 Å². The lowest BCUT2D eigenvalue weighted by atomic mass is 9.82. The van der Waals surface area contributed by atoms with E-state index >= 15 is 0 Å². The van der Waals surface area contributed by atoms with Gasteiger partial charge in [-0.15, -0.1) is 0 Å². The van der Waals surface area contributed by atoms with Crippen LogP contribution in [0, 0.1) is 5.41 Å². The Morgan fingerprint density at radius 1 is 1.32 bits per heavy atom. The summed E-state index contributed by atoms with van der Waals surface area (Å²) in [7, 11) is 0. The minimum absolute atomic E-state index is 0.471. The van der Waals surface area contributed by atoms with Crippen LogP contribution >= 0.6 is 11.8 Å². The standard InChI is InChI=1S/C16H34N2S/c1-6-18(7-2)11-8-9-14(3)17-15-13-19-12-10-16(15,4)5/h14-15,17H,6-13H2,1-5H3. The van der Waals surface area contributed by atoms with E-state index in [1.54, 1.807) is 0 Å². The molecule has 0 spiro atoms. The van der Waals surface area contributed by atoms with Gasteiger partial charge in [0.15, 0.2) is 0 Å². The van der Waals surface area contributed by atoms with E-state index in [1.807, 2.05) is 0 Å². The van der Waals surface area contributed by atoms with Crippen molar-refractivity contribution in [2.75, 3.05) is 31.1 Å². The molecule has 1 heterocycles. The monoisotopic (exact) mass is 286 g/mol. The lowest BCUT2D eigenvalue weighted by molar-refractivity contribution is 0.223. The predicted molar refractivity (Wildman–Crippen MR) is 89.1 cm³/mol. The van der Waals surface area contributed by atoms with Gasteiger partial charge in [0.25, 0.3) is 0 Å². The molecule has 1 aliphatic rings. The highest BCUT2D eigenvalue weighted by Gasteiger charge is 2.32. The van der Waals surface area contributed by atoms with Gasteiger partial charge in [0.05, 0.1) is 0 Å². The van der Waals surface area contributed by atoms with Crippen molar-refractivity contribution >= 4 is 11.8 Å². The molecule has 2 unspecified atom stereocenters. The summed E-state index contributed by atoms with van der Waals surface area (Å²) in [5.41, 5.74) is 0.471. The van der Waals surface area contributed by atoms with Crippen molar-refractivity contribution in [3.63, 3.8) is 0 Å². The van der Waals surface area contributed by atoms with Crippen molar-refractivity contribution < 1.29 is 0 Å². The Balaban J connectivity index is 2.24. The third-order valence-corrected chi connectivity index (χ3v) is 5.67. The third-order valence-electron chi connectivity index (χ3n) is 4.61. The summed E-state index contributed by atoms with van der Waals surface area (Å²) < 4.78 is 0. The van der Waals surface area contributed by atoms with E-state index in [2.05, 4.69) is 56.6 Å². The Labute approximate surface area is 125 Å². The third kappa shape index (κ3) is 6.05. The molecule has 0 radical (unpaired) electrons. The van der Waals surface area contributed by atoms with Crippen molar-refractivity contribution in [2.45, 2.75) is 66.0 Å². The second-order valence-corrected chi connectivity index (χ2v) is 7.75. The highest BCUT2D eigenvalue weighted by atomic mass is 32.2. The molecule has 1 aliphatic heterocycles. The number of hydrogen-bond acceptors (Lipinski definition) is 3. The fourth-order valence-electron chi connectivity index (χ4n) is 2.80. The van der Waals surface area contributed by atoms with Crippen LogP contribution < -0.4 is 5.32 Å². The number of nitrogens with one attached hydrogen (secondary N) is 1. The molecule has 1 fully saturated rings. The van der Waals surface area contributed by atoms with Crippen LogP contribution in [-0.2, 0) is 0 Å². The lowest BCUT2D eigenvalue weighted by Gasteiger charge is -2.40. The first-order valence-corrected chi connectivity index (χ1v) is 9.21. The van der Waals surface area contributed by atoms with E-state index in [0.717, 1.165) is 0 Å². The summed E-state index contributed by atoms with van der Waals surface area (Å²) >= 11 is 2.11. The fraction of sp³-hybridized carbons (Fsp3) is 1.00. The molecule has 3 heteroatoms. The Kier molecular flexibility index (Phi) is 7.78. The zero-order valence-corrected chi connectivity index (χ0v) is 14.5. The summed E-state index contributed by atoms with van der Waals surface area (Å²) in [5, 5.41) is 3.88. The molecule has 0 saturated carbocycles. The quantitative estimate of drug-likeness (QED) is 0.734. The van der Waals surface area contributed by atoms with Crippen LogP contribution in [-0.4, -0.2) is 48.1 Å². The largest absolute Gasteiger partial charge is 0.310 e. The van der Waals surface area contributed by atoms with E-state index in [-0.39, 0.29) is 0 Å². The molecule has 19 heavy (non-hydrogen) atoms. The summed E-state index contributed by atoms with van der Waals surface area (Å²) in [6.45, 7) is 15.3. The summed E-state index contributed by atoms with van der Waals surface area (Å²) in [5.74, 6) is 2.62. The average molecular weight is 287 g/mol. The Bertz CT molecular complexity index is 239. The van der Waals surface area contributed by atoms with Gasteiger partial charge >= 0.3 is 0 Å². The average Bonchev–Trinajstić information content (AvgIpc) is 2.37. The van der Waals surface area contributed by atoms with Crippen molar-refractivity contribution in [3.8, 4) is 0 Å². The Hall–Kier alpha value is 0.270. The second kappa shape index (κ2) is 8.53. The zero-order chi connectivity index (χ0) is 14.3. The van der Waals surface area contributed by atoms with E-state index < -0.39 is 0 Å². The first-order chi connectivity index (χ1) is 8.99. The van der Waals surface area contributed by atoms with Gasteiger partial charge in [0.2, 0.25) is 0 Å². The number of rotatable bonds is 8. The minimum Gasteiger partial charge on any atom is -0.310 e. The molecule has 0 aliphatic carbocycles. The van der Waals surface area contributed by atoms with Crippen LogP contribution in [0.1, 0.15) is 53.9 Å². The fourth-order valence-corrected chi connectivity index (χ4v) is 4.42. The van der Waals surface area contributed by atoms with Gasteiger partial charge in [-0.1, -0.05) is 27.7 Å². The maximum Gasteiger partial charge on any atom is 0.0212 e. The SMILES string of the molecule is CCN(CC)CCCC(C)NC1CSCCC1(C)C. The van der Waals surface area contributed by atoms with Crippen LogP contribution in [0.5, 0.6) is 0 Å². The zero-order valence-electron chi connectivity index (χ0n) is 13.7. The molecule has 0 amide bonds. The highest BCUT2D eigenvalue weighted by Crippen LogP contribution is 2.34. The number of thioether (sulfide) groups is 1. The van der Waals surface area contributed by atoms with E-state index in [1.165, 1.54) is 50.4 Å². The predicted octanol–water partition coefficient (Wildman–Crippen LogP) is 3.62. The van der Waals surface area contributed by atoms with E-state index in [9.17, 15) is 0 Å². The molecule has 0 aromatic heterocycles. The molecule has 114 valence electrons. The smallest absolute Gasteiger partial charge is 0.0212 e. The maximum atomic E-state index is 3.88. The molecular weight excluding hydrogens is 252 g/mol. The van der Waals surface area contributed by atoms with Crippen LogP contribution in [0.25, 0.3) is 0 Å². The minimum atomic E-state index is 0.471. The molecule has 1 saturated heterocycles. The van der Waals surface area contributed by atoms with Crippen LogP contribution in [0.15, 0.2) is 0 Å². The van der Waals surface area contributed by atoms with Gasteiger partial charge in [-0.05, 0) is 57.0 Å². The van der Waals surface area contributed by atoms with Crippen molar-refractivity contribution in [2.24, 2.45) is 5.41 Å². The molecule has 1 rings (SSSR count). The van der Waals surface area contributed by atoms with Gasteiger partial charge in [0, 0.05) is 17.8 Å². The number of hydrogen-bond donors (Lipinski definition) is 1. The molecule has 0 aromatic rings. The summed E-state index contributed by atoms with van der Waals surface area (Å²) in [4.78, 5) is 2.52. The number of nitrogens with zero attached hydrogens (tertiary/aromatic N) is 1. The van der Waals surface area contributed by atoms with Gasteiger partial charge in [0.1, 0.15) is 0 Å². The first-order valence-electron chi connectivity index (χ1n) is 8.05. The Morgan fingerprint density at radius 3 is 2.58 bits per heavy atom. The van der Waals surface area contributed by atoms with Crippen LogP contribution in [0.4, 0.5) is 0 Å². The van der Waals surface area contributed by atoms with Gasteiger partial charge in [-0.3, -0.25) is 0 Å². The molecule has 2 nitrogen and oxygen atoms in total. The van der Waals surface area contributed by atoms with Gasteiger partial charge < -0.3 is 10.2 Å². The first kappa shape index (κ1) is 17.3.